The van der Waals surface area contributed by atoms with Gasteiger partial charge in [0.2, 0.25) is 0 Å². The number of nitrogens with one attached hydrogen (secondary N) is 1. The van der Waals surface area contributed by atoms with Crippen LogP contribution in [0.15, 0.2) is 29.3 Å². The monoisotopic (exact) mass is 475 g/mol. The summed E-state index contributed by atoms with van der Waals surface area (Å²) < 4.78 is 0. The van der Waals surface area contributed by atoms with Crippen molar-refractivity contribution in [1.29, 1.82) is 0 Å². The Balaban J connectivity index is 0.00000338. The normalized spacial score (nSPS) is 15.7. The summed E-state index contributed by atoms with van der Waals surface area (Å²) in [5.41, 5.74) is 0.961. The van der Waals surface area contributed by atoms with E-state index in [-0.39, 0.29) is 34.6 Å². The Hall–Kier alpha value is -1.42. The van der Waals surface area contributed by atoms with Crippen molar-refractivity contribution in [3.63, 3.8) is 0 Å². The van der Waals surface area contributed by atoms with E-state index >= 15 is 0 Å². The number of benzene rings is 1. The number of nitro groups is 1. The van der Waals surface area contributed by atoms with E-state index in [1.54, 1.807) is 12.1 Å². The van der Waals surface area contributed by atoms with Gasteiger partial charge in [-0.05, 0) is 18.4 Å². The average Bonchev–Trinajstić information content (AvgIpc) is 2.59. The van der Waals surface area contributed by atoms with Gasteiger partial charge < -0.3 is 10.2 Å². The summed E-state index contributed by atoms with van der Waals surface area (Å²) in [6.45, 7) is 12.9. The summed E-state index contributed by atoms with van der Waals surface area (Å²) in [4.78, 5) is 20.0. The van der Waals surface area contributed by atoms with Crippen molar-refractivity contribution in [3.05, 3.63) is 39.9 Å². The van der Waals surface area contributed by atoms with Crippen LogP contribution >= 0.6 is 24.0 Å². The highest BCUT2D eigenvalue weighted by molar-refractivity contribution is 14.0. The van der Waals surface area contributed by atoms with E-state index in [2.05, 4.69) is 40.9 Å². The Morgan fingerprint density at radius 2 is 2.00 bits per heavy atom. The predicted octanol–water partition coefficient (Wildman–Crippen LogP) is 2.95. The van der Waals surface area contributed by atoms with Crippen molar-refractivity contribution >= 4 is 35.6 Å². The summed E-state index contributed by atoms with van der Waals surface area (Å²) in [7, 11) is 0. The molecule has 0 aliphatic carbocycles. The van der Waals surface area contributed by atoms with Crippen molar-refractivity contribution in [3.8, 4) is 0 Å². The second-order valence-electron chi connectivity index (χ2n) is 6.78. The van der Waals surface area contributed by atoms with Crippen LogP contribution in [0.2, 0.25) is 0 Å². The van der Waals surface area contributed by atoms with Crippen LogP contribution in [-0.2, 0) is 6.54 Å². The number of hydrogen-bond donors (Lipinski definition) is 1. The summed E-state index contributed by atoms with van der Waals surface area (Å²) in [5.74, 6) is 1.57. The predicted molar refractivity (Wildman–Crippen MR) is 116 cm³/mol. The maximum Gasteiger partial charge on any atom is 0.269 e. The highest BCUT2D eigenvalue weighted by atomic mass is 127. The van der Waals surface area contributed by atoms with Gasteiger partial charge in [0.25, 0.3) is 5.69 Å². The minimum absolute atomic E-state index is 0. The van der Waals surface area contributed by atoms with Gasteiger partial charge in [-0.3, -0.25) is 15.0 Å². The largest absolute Gasteiger partial charge is 0.357 e. The van der Waals surface area contributed by atoms with Crippen molar-refractivity contribution in [2.75, 3.05) is 39.3 Å². The maximum absolute atomic E-state index is 10.9. The first kappa shape index (κ1) is 22.6. The van der Waals surface area contributed by atoms with Crippen LogP contribution in [0, 0.1) is 16.0 Å². The lowest BCUT2D eigenvalue weighted by Gasteiger charge is -2.37. The third kappa shape index (κ3) is 7.06. The number of hydrogen-bond acceptors (Lipinski definition) is 4. The number of rotatable bonds is 6. The molecule has 0 atom stereocenters. The summed E-state index contributed by atoms with van der Waals surface area (Å²) in [6.07, 6.45) is 0. The van der Waals surface area contributed by atoms with Gasteiger partial charge in [-0.2, -0.15) is 0 Å². The number of aliphatic imine (C=N–C) groups is 1. The fourth-order valence-electron chi connectivity index (χ4n) is 3.02. The zero-order chi connectivity index (χ0) is 18.2. The molecular formula is C18H30IN5O2. The molecule has 0 saturated carbocycles. The molecule has 1 N–H and O–H groups in total. The zero-order valence-electron chi connectivity index (χ0n) is 15.9. The van der Waals surface area contributed by atoms with Gasteiger partial charge in [-0.15, -0.1) is 24.0 Å². The molecule has 146 valence electrons. The van der Waals surface area contributed by atoms with Crippen LogP contribution in [0.1, 0.15) is 26.3 Å². The Labute approximate surface area is 173 Å². The van der Waals surface area contributed by atoms with Gasteiger partial charge in [-0.25, -0.2) is 4.99 Å². The third-order valence-corrected chi connectivity index (χ3v) is 4.16. The van der Waals surface area contributed by atoms with E-state index in [0.29, 0.717) is 12.5 Å². The first-order chi connectivity index (χ1) is 12.0. The smallest absolute Gasteiger partial charge is 0.269 e. The number of non-ortho nitro benzene ring substituents is 1. The molecule has 0 amide bonds. The van der Waals surface area contributed by atoms with Crippen molar-refractivity contribution in [2.24, 2.45) is 10.9 Å². The van der Waals surface area contributed by atoms with E-state index in [1.165, 1.54) is 6.07 Å². The van der Waals surface area contributed by atoms with E-state index < -0.39 is 0 Å². The molecule has 7 nitrogen and oxygen atoms in total. The summed E-state index contributed by atoms with van der Waals surface area (Å²) in [5, 5.41) is 14.2. The van der Waals surface area contributed by atoms with Gasteiger partial charge in [0.15, 0.2) is 5.96 Å². The molecule has 8 heteroatoms. The molecule has 1 heterocycles. The molecule has 1 fully saturated rings. The van der Waals surface area contributed by atoms with Crippen molar-refractivity contribution in [2.45, 2.75) is 27.3 Å². The van der Waals surface area contributed by atoms with Crippen LogP contribution < -0.4 is 5.32 Å². The topological polar surface area (TPSA) is 74.0 Å². The molecule has 0 unspecified atom stereocenters. The first-order valence-corrected chi connectivity index (χ1v) is 8.98. The highest BCUT2D eigenvalue weighted by Gasteiger charge is 2.19. The number of nitrogens with zero attached hydrogens (tertiary/aromatic N) is 4. The van der Waals surface area contributed by atoms with Gasteiger partial charge in [0.1, 0.15) is 0 Å². The van der Waals surface area contributed by atoms with E-state index in [9.17, 15) is 10.1 Å². The van der Waals surface area contributed by atoms with Crippen molar-refractivity contribution in [1.82, 2.24) is 15.1 Å². The van der Waals surface area contributed by atoms with Crippen LogP contribution in [-0.4, -0.2) is 60.0 Å². The first-order valence-electron chi connectivity index (χ1n) is 8.98. The standard InChI is InChI=1S/C18H29N5O2.HI/c1-4-19-18(22-10-8-21(9-11-22)14-15(2)3)20-13-16-6-5-7-17(12-16)23(24)25;/h5-7,12,15H,4,8-11,13-14H2,1-3H3,(H,19,20);1H. The summed E-state index contributed by atoms with van der Waals surface area (Å²) >= 11 is 0. The van der Waals surface area contributed by atoms with E-state index in [0.717, 1.165) is 50.8 Å². The fourth-order valence-corrected chi connectivity index (χ4v) is 3.02. The lowest BCUT2D eigenvalue weighted by atomic mass is 10.2. The molecule has 26 heavy (non-hydrogen) atoms. The van der Waals surface area contributed by atoms with Gasteiger partial charge in [0.05, 0.1) is 11.5 Å². The van der Waals surface area contributed by atoms with E-state index in [1.807, 2.05) is 6.07 Å². The molecule has 1 aromatic rings. The third-order valence-electron chi connectivity index (χ3n) is 4.16. The average molecular weight is 475 g/mol. The molecule has 0 bridgehead atoms. The SMILES string of the molecule is CCNC(=NCc1cccc([N+](=O)[O-])c1)N1CCN(CC(C)C)CC1.I. The molecule has 1 aromatic carbocycles. The van der Waals surface area contributed by atoms with E-state index in [4.69, 9.17) is 0 Å². The number of halogens is 1. The highest BCUT2D eigenvalue weighted by Crippen LogP contribution is 2.14. The minimum Gasteiger partial charge on any atom is -0.357 e. The molecule has 0 radical (unpaired) electrons. The zero-order valence-corrected chi connectivity index (χ0v) is 18.2. The molecule has 0 aromatic heterocycles. The minimum atomic E-state index is -0.369. The van der Waals surface area contributed by atoms with Crippen LogP contribution in [0.4, 0.5) is 5.69 Å². The molecular weight excluding hydrogens is 445 g/mol. The number of piperazine rings is 1. The van der Waals surface area contributed by atoms with Crippen molar-refractivity contribution < 1.29 is 4.92 Å². The van der Waals surface area contributed by atoms with Gasteiger partial charge >= 0.3 is 0 Å². The fraction of sp³-hybridized carbons (Fsp3) is 0.611. The Morgan fingerprint density at radius 3 is 2.58 bits per heavy atom. The maximum atomic E-state index is 10.9. The number of nitro benzene ring substituents is 1. The Kier molecular flexibility index (Phi) is 9.85. The van der Waals surface area contributed by atoms with Crippen LogP contribution in [0.25, 0.3) is 0 Å². The quantitative estimate of drug-likeness (QED) is 0.225. The molecule has 1 aliphatic heterocycles. The number of guanidine groups is 1. The second kappa shape index (κ2) is 11.3. The van der Waals surface area contributed by atoms with Gasteiger partial charge in [0, 0.05) is 51.4 Å². The van der Waals surface area contributed by atoms with Gasteiger partial charge in [-0.1, -0.05) is 26.0 Å². The molecule has 2 rings (SSSR count). The Morgan fingerprint density at radius 1 is 1.31 bits per heavy atom. The molecule has 1 saturated heterocycles. The van der Waals surface area contributed by atoms with Crippen LogP contribution in [0.3, 0.4) is 0 Å². The van der Waals surface area contributed by atoms with Crippen LogP contribution in [0.5, 0.6) is 0 Å². The summed E-state index contributed by atoms with van der Waals surface area (Å²) in [6, 6.07) is 6.68. The second-order valence-corrected chi connectivity index (χ2v) is 6.78. The lowest BCUT2D eigenvalue weighted by Crippen LogP contribution is -2.53. The molecule has 0 spiro atoms. The molecule has 1 aliphatic rings. The lowest BCUT2D eigenvalue weighted by molar-refractivity contribution is -0.384. The Bertz CT molecular complexity index is 601.